The van der Waals surface area contributed by atoms with Gasteiger partial charge in [-0.05, 0) is 24.3 Å². The van der Waals surface area contributed by atoms with Gasteiger partial charge in [0.2, 0.25) is 0 Å². The minimum absolute atomic E-state index is 0.0500. The van der Waals surface area contributed by atoms with Crippen molar-refractivity contribution in [2.75, 3.05) is 4.90 Å². The number of carbonyl (C=O) groups excluding carboxylic acids is 2. The number of para-hydroxylation sites is 1. The van der Waals surface area contributed by atoms with E-state index in [-0.39, 0.29) is 11.3 Å². The maximum Gasteiger partial charge on any atom is 0.333 e. The first kappa shape index (κ1) is 13.1. The number of imide groups is 1. The quantitative estimate of drug-likeness (QED) is 0.680. The number of urea groups is 1. The maximum absolute atomic E-state index is 13.6. The van der Waals surface area contributed by atoms with Crippen LogP contribution < -0.4 is 10.2 Å². The second kappa shape index (κ2) is 5.20. The van der Waals surface area contributed by atoms with Crippen LogP contribution >= 0.6 is 0 Å². The zero-order valence-corrected chi connectivity index (χ0v) is 10.9. The van der Waals surface area contributed by atoms with Gasteiger partial charge in [0.25, 0.3) is 5.91 Å². The highest BCUT2D eigenvalue weighted by Gasteiger charge is 2.34. The highest BCUT2D eigenvalue weighted by Crippen LogP contribution is 2.22. The zero-order valence-electron chi connectivity index (χ0n) is 10.9. The van der Waals surface area contributed by atoms with E-state index in [1.165, 1.54) is 18.2 Å². The fourth-order valence-electron chi connectivity index (χ4n) is 2.09. The Morgan fingerprint density at radius 2 is 1.62 bits per heavy atom. The molecular weight excluding hydrogens is 271 g/mol. The van der Waals surface area contributed by atoms with Crippen LogP contribution in [0.15, 0.2) is 60.3 Å². The molecule has 104 valence electrons. The average molecular weight is 282 g/mol. The predicted molar refractivity (Wildman–Crippen MR) is 76.8 cm³/mol. The van der Waals surface area contributed by atoms with Crippen molar-refractivity contribution in [2.24, 2.45) is 0 Å². The molecule has 0 spiro atoms. The number of hydrogen-bond donors (Lipinski definition) is 1. The number of anilines is 1. The molecule has 0 aliphatic carbocycles. The van der Waals surface area contributed by atoms with Gasteiger partial charge in [-0.15, -0.1) is 0 Å². The molecule has 0 atom stereocenters. The Morgan fingerprint density at radius 1 is 0.952 bits per heavy atom. The van der Waals surface area contributed by atoms with Crippen molar-refractivity contribution >= 4 is 23.7 Å². The zero-order chi connectivity index (χ0) is 14.8. The van der Waals surface area contributed by atoms with Gasteiger partial charge >= 0.3 is 6.03 Å². The predicted octanol–water partition coefficient (Wildman–Crippen LogP) is 2.92. The van der Waals surface area contributed by atoms with Gasteiger partial charge < -0.3 is 5.32 Å². The van der Waals surface area contributed by atoms with Crippen molar-refractivity contribution in [3.63, 3.8) is 0 Å². The van der Waals surface area contributed by atoms with Gasteiger partial charge in [0.15, 0.2) is 0 Å². The molecule has 3 amide bonds. The van der Waals surface area contributed by atoms with Gasteiger partial charge in [0.1, 0.15) is 11.5 Å². The number of halogens is 1. The fraction of sp³-hybridized carbons (Fsp3) is 0. The number of nitrogens with one attached hydrogen (secondary N) is 1. The first-order valence-electron chi connectivity index (χ1n) is 6.33. The molecule has 0 radical (unpaired) electrons. The van der Waals surface area contributed by atoms with E-state index in [1.54, 1.807) is 42.5 Å². The summed E-state index contributed by atoms with van der Waals surface area (Å²) >= 11 is 0. The molecule has 1 fully saturated rings. The lowest BCUT2D eigenvalue weighted by Crippen LogP contribution is -2.30. The molecule has 5 heteroatoms. The van der Waals surface area contributed by atoms with Crippen molar-refractivity contribution < 1.29 is 14.0 Å². The third-order valence-corrected chi connectivity index (χ3v) is 3.10. The van der Waals surface area contributed by atoms with Gasteiger partial charge in [-0.2, -0.15) is 0 Å². The summed E-state index contributed by atoms with van der Waals surface area (Å²) in [5.74, 6) is -0.959. The minimum atomic E-state index is -0.547. The van der Waals surface area contributed by atoms with Gasteiger partial charge in [-0.25, -0.2) is 14.1 Å². The summed E-state index contributed by atoms with van der Waals surface area (Å²) < 4.78 is 13.6. The Hall–Kier alpha value is -2.95. The first-order valence-corrected chi connectivity index (χ1v) is 6.33. The number of amides is 3. The van der Waals surface area contributed by atoms with E-state index in [4.69, 9.17) is 0 Å². The summed E-state index contributed by atoms with van der Waals surface area (Å²) in [5, 5.41) is 2.46. The molecule has 1 heterocycles. The lowest BCUT2D eigenvalue weighted by Gasteiger charge is -2.10. The van der Waals surface area contributed by atoms with E-state index in [0.29, 0.717) is 5.69 Å². The molecule has 4 nitrogen and oxygen atoms in total. The highest BCUT2D eigenvalue weighted by molar-refractivity contribution is 6.28. The smallest absolute Gasteiger partial charge is 0.302 e. The van der Waals surface area contributed by atoms with Crippen LogP contribution in [0.1, 0.15) is 5.56 Å². The summed E-state index contributed by atoms with van der Waals surface area (Å²) in [7, 11) is 0. The summed E-state index contributed by atoms with van der Waals surface area (Å²) in [4.78, 5) is 25.2. The van der Waals surface area contributed by atoms with E-state index in [0.717, 1.165) is 4.90 Å². The Bertz CT molecular complexity index is 741. The number of carbonyl (C=O) groups is 2. The Morgan fingerprint density at radius 3 is 2.33 bits per heavy atom. The third kappa shape index (κ3) is 2.41. The molecule has 2 aromatic rings. The number of nitrogens with zero attached hydrogens (tertiary/aromatic N) is 1. The Labute approximate surface area is 120 Å². The topological polar surface area (TPSA) is 49.4 Å². The standard InChI is InChI=1S/C16H11FN2O2/c17-13-9-5-4-6-11(13)10-14-15(20)19(16(21)18-14)12-7-2-1-3-8-12/h1-10H,(H,18,21)/b14-10+. The summed E-state index contributed by atoms with van der Waals surface area (Å²) in [6.07, 6.45) is 1.33. The number of rotatable bonds is 2. The van der Waals surface area contributed by atoms with Crippen molar-refractivity contribution in [1.82, 2.24) is 5.32 Å². The van der Waals surface area contributed by atoms with Gasteiger partial charge in [-0.3, -0.25) is 4.79 Å². The number of hydrogen-bond acceptors (Lipinski definition) is 2. The molecule has 1 aliphatic heterocycles. The van der Waals surface area contributed by atoms with E-state index in [9.17, 15) is 14.0 Å². The van der Waals surface area contributed by atoms with Crippen LogP contribution in [0.2, 0.25) is 0 Å². The molecule has 2 aromatic carbocycles. The SMILES string of the molecule is O=C1N/C(=C/c2ccccc2F)C(=O)N1c1ccccc1. The summed E-state index contributed by atoms with van der Waals surface area (Å²) in [6, 6.07) is 14.1. The molecular formula is C16H11FN2O2. The van der Waals surface area contributed by atoms with Crippen molar-refractivity contribution in [3.8, 4) is 0 Å². The molecule has 1 N–H and O–H groups in total. The number of benzene rings is 2. The fourth-order valence-corrected chi connectivity index (χ4v) is 2.09. The lowest BCUT2D eigenvalue weighted by atomic mass is 10.2. The molecule has 0 unspecified atom stereocenters. The Kier molecular flexibility index (Phi) is 3.23. The largest absolute Gasteiger partial charge is 0.333 e. The van der Waals surface area contributed by atoms with Crippen molar-refractivity contribution in [1.29, 1.82) is 0 Å². The first-order chi connectivity index (χ1) is 10.2. The average Bonchev–Trinajstić information content (AvgIpc) is 2.77. The van der Waals surface area contributed by atoms with Crippen molar-refractivity contribution in [3.05, 3.63) is 71.7 Å². The van der Waals surface area contributed by atoms with Crippen LogP contribution in [-0.4, -0.2) is 11.9 Å². The lowest BCUT2D eigenvalue weighted by molar-refractivity contribution is -0.113. The molecule has 1 saturated heterocycles. The van der Waals surface area contributed by atoms with Gasteiger partial charge in [-0.1, -0.05) is 36.4 Å². The molecule has 0 bridgehead atoms. The third-order valence-electron chi connectivity index (χ3n) is 3.10. The normalized spacial score (nSPS) is 16.4. The second-order valence-corrected chi connectivity index (χ2v) is 4.49. The maximum atomic E-state index is 13.6. The van der Waals surface area contributed by atoms with Crippen LogP contribution in [0.3, 0.4) is 0 Å². The highest BCUT2D eigenvalue weighted by atomic mass is 19.1. The van der Waals surface area contributed by atoms with E-state index in [1.807, 2.05) is 0 Å². The van der Waals surface area contributed by atoms with Crippen LogP contribution in [0.5, 0.6) is 0 Å². The van der Waals surface area contributed by atoms with E-state index in [2.05, 4.69) is 5.32 Å². The van der Waals surface area contributed by atoms with Crippen LogP contribution in [0.25, 0.3) is 6.08 Å². The van der Waals surface area contributed by atoms with Crippen LogP contribution in [0, 0.1) is 5.82 Å². The van der Waals surface area contributed by atoms with Gasteiger partial charge in [0.05, 0.1) is 5.69 Å². The molecule has 0 saturated carbocycles. The molecule has 21 heavy (non-hydrogen) atoms. The van der Waals surface area contributed by atoms with E-state index < -0.39 is 17.8 Å². The van der Waals surface area contributed by atoms with Crippen LogP contribution in [-0.2, 0) is 4.79 Å². The van der Waals surface area contributed by atoms with Crippen LogP contribution in [0.4, 0.5) is 14.9 Å². The van der Waals surface area contributed by atoms with E-state index >= 15 is 0 Å². The molecule has 1 aliphatic rings. The monoisotopic (exact) mass is 282 g/mol. The Balaban J connectivity index is 1.96. The second-order valence-electron chi connectivity index (χ2n) is 4.49. The summed E-state index contributed by atoms with van der Waals surface area (Å²) in [6.45, 7) is 0. The molecule has 0 aromatic heterocycles. The van der Waals surface area contributed by atoms with Gasteiger partial charge in [0, 0.05) is 5.56 Å². The van der Waals surface area contributed by atoms with Crippen molar-refractivity contribution in [2.45, 2.75) is 0 Å². The molecule has 3 rings (SSSR count). The summed E-state index contributed by atoms with van der Waals surface area (Å²) in [5.41, 5.74) is 0.766. The minimum Gasteiger partial charge on any atom is -0.302 e.